The van der Waals surface area contributed by atoms with Crippen LogP contribution in [0, 0.1) is 16.7 Å². The maximum absolute atomic E-state index is 13.6. The standard InChI is InChI=1S/C20H30FN5O2/c1-12(2)17-24-18(28-25-17)20(5)7-6-15(19(20,3)4)23-10-16(27)26-11-13(21)8-14(26)9-22/h12-15,23H,6-8,10-11H2,1-5H3/t13-,14-,15-,20-/m0/s1. The van der Waals surface area contributed by atoms with Crippen molar-refractivity contribution in [2.24, 2.45) is 5.41 Å². The monoisotopic (exact) mass is 391 g/mol. The molecule has 0 spiro atoms. The molecule has 1 aromatic heterocycles. The van der Waals surface area contributed by atoms with Gasteiger partial charge in [-0.1, -0.05) is 39.8 Å². The zero-order chi connectivity index (χ0) is 20.7. The van der Waals surface area contributed by atoms with Gasteiger partial charge in [-0.3, -0.25) is 4.79 Å². The van der Waals surface area contributed by atoms with Gasteiger partial charge in [-0.2, -0.15) is 10.2 Å². The predicted octanol–water partition coefficient (Wildman–Crippen LogP) is 2.69. The molecule has 0 radical (unpaired) electrons. The van der Waals surface area contributed by atoms with Crippen LogP contribution in [0.2, 0.25) is 0 Å². The highest BCUT2D eigenvalue weighted by Gasteiger charge is 2.55. The van der Waals surface area contributed by atoms with Crippen molar-refractivity contribution >= 4 is 5.91 Å². The molecule has 7 nitrogen and oxygen atoms in total. The van der Waals surface area contributed by atoms with Crippen LogP contribution in [0.15, 0.2) is 4.52 Å². The molecule has 8 heteroatoms. The number of alkyl halides is 1. The first-order chi connectivity index (χ1) is 13.1. The second-order valence-electron chi connectivity index (χ2n) is 9.16. The number of carbonyl (C=O) groups excluding carboxylic acids is 1. The molecule has 1 aliphatic carbocycles. The van der Waals surface area contributed by atoms with Gasteiger partial charge in [0.05, 0.1) is 24.6 Å². The van der Waals surface area contributed by atoms with Crippen molar-refractivity contribution in [3.8, 4) is 6.07 Å². The zero-order valence-electron chi connectivity index (χ0n) is 17.3. The SMILES string of the molecule is CC(C)c1noc([C@]2(C)CC[C@H](NCC(=O)N3C[C@@H](F)C[C@H]3C#N)C2(C)C)n1. The topological polar surface area (TPSA) is 95.0 Å². The number of amides is 1. The van der Waals surface area contributed by atoms with Crippen LogP contribution in [0.25, 0.3) is 0 Å². The summed E-state index contributed by atoms with van der Waals surface area (Å²) in [4.78, 5) is 18.5. The molecule has 1 N–H and O–H groups in total. The number of nitriles is 1. The maximum atomic E-state index is 13.6. The minimum Gasteiger partial charge on any atom is -0.339 e. The molecule has 154 valence electrons. The van der Waals surface area contributed by atoms with Gasteiger partial charge in [0, 0.05) is 18.4 Å². The lowest BCUT2D eigenvalue weighted by Gasteiger charge is -2.39. The molecule has 4 atom stereocenters. The van der Waals surface area contributed by atoms with Crippen LogP contribution in [0.4, 0.5) is 4.39 Å². The summed E-state index contributed by atoms with van der Waals surface area (Å²) in [6, 6.07) is 1.43. The Hall–Kier alpha value is -2.01. The van der Waals surface area contributed by atoms with Crippen LogP contribution in [0.5, 0.6) is 0 Å². The number of aromatic nitrogens is 2. The van der Waals surface area contributed by atoms with Gasteiger partial charge in [0.25, 0.3) is 0 Å². The molecule has 0 bridgehead atoms. The van der Waals surface area contributed by atoms with E-state index in [0.717, 1.165) is 12.8 Å². The Morgan fingerprint density at radius 2 is 2.18 bits per heavy atom. The van der Waals surface area contributed by atoms with Gasteiger partial charge in [-0.05, 0) is 18.3 Å². The Bertz CT molecular complexity index is 771. The van der Waals surface area contributed by atoms with Crippen LogP contribution in [0.1, 0.15) is 71.5 Å². The Kier molecular flexibility index (Phi) is 5.50. The van der Waals surface area contributed by atoms with Gasteiger partial charge in [0.15, 0.2) is 5.82 Å². The Morgan fingerprint density at radius 3 is 2.79 bits per heavy atom. The summed E-state index contributed by atoms with van der Waals surface area (Å²) in [5, 5.41) is 16.6. The number of nitrogens with zero attached hydrogens (tertiary/aromatic N) is 4. The fourth-order valence-corrected chi connectivity index (χ4v) is 4.43. The predicted molar refractivity (Wildman–Crippen MR) is 101 cm³/mol. The lowest BCUT2D eigenvalue weighted by Crippen LogP contribution is -2.50. The summed E-state index contributed by atoms with van der Waals surface area (Å²) >= 11 is 0. The lowest BCUT2D eigenvalue weighted by atomic mass is 9.67. The minimum atomic E-state index is -1.12. The number of carbonyl (C=O) groups is 1. The van der Waals surface area contributed by atoms with Crippen molar-refractivity contribution in [1.82, 2.24) is 20.4 Å². The van der Waals surface area contributed by atoms with Crippen LogP contribution in [-0.4, -0.2) is 52.3 Å². The van der Waals surface area contributed by atoms with Crippen LogP contribution < -0.4 is 5.32 Å². The molecule has 1 aromatic rings. The van der Waals surface area contributed by atoms with Crippen LogP contribution in [-0.2, 0) is 10.2 Å². The molecule has 3 rings (SSSR count). The first-order valence-electron chi connectivity index (χ1n) is 10.0. The largest absolute Gasteiger partial charge is 0.339 e. The van der Waals surface area contributed by atoms with E-state index in [1.165, 1.54) is 4.90 Å². The van der Waals surface area contributed by atoms with Gasteiger partial charge in [0.2, 0.25) is 11.8 Å². The normalized spacial score (nSPS) is 32.1. The summed E-state index contributed by atoms with van der Waals surface area (Å²) in [5.41, 5.74) is -0.531. The van der Waals surface area contributed by atoms with Crippen molar-refractivity contribution in [2.75, 3.05) is 13.1 Å². The summed E-state index contributed by atoms with van der Waals surface area (Å²) in [7, 11) is 0. The van der Waals surface area contributed by atoms with Gasteiger partial charge in [-0.25, -0.2) is 4.39 Å². The molecule has 28 heavy (non-hydrogen) atoms. The Labute approximate surface area is 165 Å². The highest BCUT2D eigenvalue weighted by molar-refractivity contribution is 5.79. The molecular formula is C20H30FN5O2. The number of hydrogen-bond donors (Lipinski definition) is 1. The van der Waals surface area contributed by atoms with Crippen molar-refractivity contribution in [3.63, 3.8) is 0 Å². The molecule has 1 saturated heterocycles. The quantitative estimate of drug-likeness (QED) is 0.829. The second kappa shape index (κ2) is 7.43. The van der Waals surface area contributed by atoms with Crippen LogP contribution >= 0.6 is 0 Å². The second-order valence-corrected chi connectivity index (χ2v) is 9.16. The first-order valence-corrected chi connectivity index (χ1v) is 10.0. The number of halogens is 1. The Morgan fingerprint density at radius 1 is 1.46 bits per heavy atom. The van der Waals surface area contributed by atoms with Gasteiger partial charge in [0.1, 0.15) is 12.2 Å². The van der Waals surface area contributed by atoms with E-state index in [1.807, 2.05) is 19.9 Å². The molecule has 2 aliphatic rings. The highest BCUT2D eigenvalue weighted by atomic mass is 19.1. The van der Waals surface area contributed by atoms with Gasteiger partial charge >= 0.3 is 0 Å². The first kappa shape index (κ1) is 20.7. The average molecular weight is 391 g/mol. The zero-order valence-corrected chi connectivity index (χ0v) is 17.3. The summed E-state index contributed by atoms with van der Waals surface area (Å²) in [6.07, 6.45) is 0.712. The molecule has 1 saturated carbocycles. The van der Waals surface area contributed by atoms with E-state index < -0.39 is 12.2 Å². The van der Waals surface area contributed by atoms with E-state index in [0.29, 0.717) is 11.7 Å². The maximum Gasteiger partial charge on any atom is 0.237 e. The highest BCUT2D eigenvalue weighted by Crippen LogP contribution is 2.53. The number of nitrogens with one attached hydrogen (secondary N) is 1. The van der Waals surface area contributed by atoms with Gasteiger partial charge < -0.3 is 14.7 Å². The van der Waals surface area contributed by atoms with E-state index in [9.17, 15) is 9.18 Å². The number of hydrogen-bond acceptors (Lipinski definition) is 6. The number of rotatable bonds is 5. The Balaban J connectivity index is 1.67. The third kappa shape index (κ3) is 3.41. The molecule has 0 aromatic carbocycles. The third-order valence-electron chi connectivity index (χ3n) is 6.88. The summed E-state index contributed by atoms with van der Waals surface area (Å²) in [6.45, 7) is 10.6. The van der Waals surface area contributed by atoms with E-state index in [1.54, 1.807) is 0 Å². The molecule has 0 unspecified atom stereocenters. The third-order valence-corrected chi connectivity index (χ3v) is 6.88. The smallest absolute Gasteiger partial charge is 0.237 e. The van der Waals surface area contributed by atoms with E-state index in [4.69, 9.17) is 9.78 Å². The average Bonchev–Trinajstić information content (AvgIpc) is 3.32. The molecule has 1 amide bonds. The van der Waals surface area contributed by atoms with Crippen molar-refractivity contribution in [2.45, 2.75) is 83.5 Å². The van der Waals surface area contributed by atoms with E-state index in [2.05, 4.69) is 36.2 Å². The van der Waals surface area contributed by atoms with Crippen molar-refractivity contribution < 1.29 is 13.7 Å². The lowest BCUT2D eigenvalue weighted by molar-refractivity contribution is -0.130. The number of likely N-dealkylation sites (tertiary alicyclic amines) is 1. The fraction of sp³-hybridized carbons (Fsp3) is 0.800. The van der Waals surface area contributed by atoms with Crippen molar-refractivity contribution in [1.29, 1.82) is 5.26 Å². The van der Waals surface area contributed by atoms with Crippen molar-refractivity contribution in [3.05, 3.63) is 11.7 Å². The fourth-order valence-electron chi connectivity index (χ4n) is 4.43. The van der Waals surface area contributed by atoms with Gasteiger partial charge in [-0.15, -0.1) is 0 Å². The van der Waals surface area contributed by atoms with E-state index in [-0.39, 0.29) is 48.2 Å². The summed E-state index contributed by atoms with van der Waals surface area (Å²) < 4.78 is 19.2. The summed E-state index contributed by atoms with van der Waals surface area (Å²) in [5.74, 6) is 1.32. The molecule has 2 heterocycles. The minimum absolute atomic E-state index is 0.00444. The molecule has 1 aliphatic heterocycles. The van der Waals surface area contributed by atoms with Crippen LogP contribution in [0.3, 0.4) is 0 Å². The van der Waals surface area contributed by atoms with E-state index >= 15 is 0 Å². The molecule has 2 fully saturated rings. The molecular weight excluding hydrogens is 361 g/mol.